The maximum atomic E-state index is 12.7. The Labute approximate surface area is 151 Å². The van der Waals surface area contributed by atoms with Crippen molar-refractivity contribution < 1.29 is 9.26 Å². The number of nitrogens with zero attached hydrogens (tertiary/aromatic N) is 2. The van der Waals surface area contributed by atoms with Crippen LogP contribution < -0.4 is 10.7 Å². The smallest absolute Gasteiger partial charge is 0.240 e. The van der Waals surface area contributed by atoms with E-state index in [0.29, 0.717) is 31.3 Å². The predicted molar refractivity (Wildman–Crippen MR) is 98.9 cm³/mol. The number of H-pyrrole nitrogens is 1. The minimum atomic E-state index is 0.116. The topological polar surface area (TPSA) is 93.0 Å². The van der Waals surface area contributed by atoms with Crippen LogP contribution in [-0.2, 0) is 24.3 Å². The first kappa shape index (κ1) is 18.3. The molecule has 1 atom stereocenters. The molecule has 26 heavy (non-hydrogen) atoms. The van der Waals surface area contributed by atoms with E-state index in [1.165, 1.54) is 0 Å². The molecule has 2 heterocycles. The van der Waals surface area contributed by atoms with Gasteiger partial charge in [0.25, 0.3) is 0 Å². The van der Waals surface area contributed by atoms with Crippen LogP contribution in [0.15, 0.2) is 33.6 Å². The lowest BCUT2D eigenvalue weighted by molar-refractivity contribution is 0.174. The Morgan fingerprint density at radius 2 is 2.15 bits per heavy atom. The second-order valence-corrected chi connectivity index (χ2v) is 6.46. The normalized spacial score (nSPS) is 12.6. The van der Waals surface area contributed by atoms with E-state index in [1.54, 1.807) is 7.11 Å². The lowest BCUT2D eigenvalue weighted by Crippen LogP contribution is -2.27. The minimum Gasteiger partial charge on any atom is -0.377 e. The molecule has 0 radical (unpaired) electrons. The molecule has 3 aromatic rings. The van der Waals surface area contributed by atoms with Crippen molar-refractivity contribution in [3.8, 4) is 0 Å². The van der Waals surface area contributed by atoms with Crippen LogP contribution in [0.5, 0.6) is 0 Å². The third-order valence-corrected chi connectivity index (χ3v) is 4.43. The van der Waals surface area contributed by atoms with Crippen LogP contribution in [0, 0.1) is 6.92 Å². The maximum Gasteiger partial charge on any atom is 0.240 e. The summed E-state index contributed by atoms with van der Waals surface area (Å²) in [6, 6.07) is 7.83. The molecule has 3 rings (SSSR count). The third kappa shape index (κ3) is 4.17. The number of rotatable bonds is 8. The fraction of sp³-hybridized carbons (Fsp3) is 0.421. The van der Waals surface area contributed by atoms with Crippen molar-refractivity contribution in [3.05, 3.63) is 57.5 Å². The van der Waals surface area contributed by atoms with Gasteiger partial charge in [0, 0.05) is 35.3 Å². The molecule has 0 aliphatic rings. The first-order valence-electron chi connectivity index (χ1n) is 8.72. The molecule has 1 aromatic carbocycles. The standard InChI is InChI=1S/C19H24N4O3/c1-12(20-10-18-22-17(11-25-3)23-26-18)8-9-14-13(2)21-16-7-5-4-6-15(16)19(14)24/h4-7,12,20H,8-11H2,1-3H3,(H,21,24)/t12-/m1/s1. The summed E-state index contributed by atoms with van der Waals surface area (Å²) in [6.45, 7) is 4.86. The number of pyridine rings is 1. The average molecular weight is 356 g/mol. The van der Waals surface area contributed by atoms with Crippen molar-refractivity contribution >= 4 is 10.9 Å². The number of aromatic amines is 1. The Balaban J connectivity index is 1.59. The average Bonchev–Trinajstić information content (AvgIpc) is 3.08. The Morgan fingerprint density at radius 3 is 2.96 bits per heavy atom. The summed E-state index contributed by atoms with van der Waals surface area (Å²) in [6.07, 6.45) is 1.54. The first-order valence-corrected chi connectivity index (χ1v) is 8.72. The SMILES string of the molecule is COCc1noc(CN[C@H](C)CCc2c(C)[nH]c3ccccc3c2=O)n1. The van der Waals surface area contributed by atoms with E-state index in [-0.39, 0.29) is 11.5 Å². The highest BCUT2D eigenvalue weighted by Gasteiger charge is 2.12. The van der Waals surface area contributed by atoms with Gasteiger partial charge in [-0.2, -0.15) is 4.98 Å². The number of aromatic nitrogens is 3. The molecule has 0 unspecified atom stereocenters. The first-order chi connectivity index (χ1) is 12.6. The number of methoxy groups -OCH3 is 1. The van der Waals surface area contributed by atoms with Crippen LogP contribution in [0.3, 0.4) is 0 Å². The monoisotopic (exact) mass is 356 g/mol. The Hall–Kier alpha value is -2.51. The third-order valence-electron chi connectivity index (χ3n) is 4.43. The van der Waals surface area contributed by atoms with Crippen LogP contribution in [0.25, 0.3) is 10.9 Å². The highest BCUT2D eigenvalue weighted by molar-refractivity contribution is 5.79. The van der Waals surface area contributed by atoms with E-state index in [9.17, 15) is 4.79 Å². The van der Waals surface area contributed by atoms with E-state index in [0.717, 1.165) is 28.6 Å². The van der Waals surface area contributed by atoms with Crippen molar-refractivity contribution in [2.45, 2.75) is 45.9 Å². The molecule has 0 bridgehead atoms. The van der Waals surface area contributed by atoms with Gasteiger partial charge in [-0.25, -0.2) is 0 Å². The van der Waals surface area contributed by atoms with Gasteiger partial charge in [0.1, 0.15) is 6.61 Å². The summed E-state index contributed by atoms with van der Waals surface area (Å²) in [7, 11) is 1.59. The summed E-state index contributed by atoms with van der Waals surface area (Å²) in [5.74, 6) is 1.07. The second-order valence-electron chi connectivity index (χ2n) is 6.46. The van der Waals surface area contributed by atoms with Gasteiger partial charge in [0.2, 0.25) is 5.89 Å². The maximum absolute atomic E-state index is 12.7. The number of hydrogen-bond donors (Lipinski definition) is 2. The van der Waals surface area contributed by atoms with Crippen LogP contribution in [0.2, 0.25) is 0 Å². The Bertz CT molecular complexity index is 932. The molecule has 7 heteroatoms. The zero-order valence-corrected chi connectivity index (χ0v) is 15.3. The number of ether oxygens (including phenoxy) is 1. The van der Waals surface area contributed by atoms with Gasteiger partial charge in [-0.05, 0) is 38.8 Å². The lowest BCUT2D eigenvalue weighted by Gasteiger charge is -2.13. The molecular weight excluding hydrogens is 332 g/mol. The molecule has 0 spiro atoms. The molecule has 0 aliphatic carbocycles. The number of aryl methyl sites for hydroxylation is 1. The number of benzene rings is 1. The van der Waals surface area contributed by atoms with Crippen molar-refractivity contribution in [1.82, 2.24) is 20.4 Å². The highest BCUT2D eigenvalue weighted by Crippen LogP contribution is 2.13. The van der Waals surface area contributed by atoms with Crippen molar-refractivity contribution in [2.75, 3.05) is 7.11 Å². The van der Waals surface area contributed by atoms with E-state index in [2.05, 4.69) is 27.4 Å². The zero-order valence-electron chi connectivity index (χ0n) is 15.3. The molecule has 2 aromatic heterocycles. The molecular formula is C19H24N4O3. The van der Waals surface area contributed by atoms with Gasteiger partial charge in [0.15, 0.2) is 11.3 Å². The van der Waals surface area contributed by atoms with Gasteiger partial charge >= 0.3 is 0 Å². The van der Waals surface area contributed by atoms with Crippen LogP contribution in [0.4, 0.5) is 0 Å². The molecule has 0 saturated carbocycles. The Kier molecular flexibility index (Phi) is 5.80. The minimum absolute atomic E-state index is 0.116. The number of para-hydroxylation sites is 1. The van der Waals surface area contributed by atoms with Crippen molar-refractivity contribution in [2.24, 2.45) is 0 Å². The molecule has 0 aliphatic heterocycles. The summed E-state index contributed by atoms with van der Waals surface area (Å²) < 4.78 is 10.1. The quantitative estimate of drug-likeness (QED) is 0.644. The van der Waals surface area contributed by atoms with E-state index < -0.39 is 0 Å². The van der Waals surface area contributed by atoms with Crippen molar-refractivity contribution in [1.29, 1.82) is 0 Å². The van der Waals surface area contributed by atoms with Gasteiger partial charge in [0.05, 0.1) is 6.54 Å². The molecule has 2 N–H and O–H groups in total. The largest absolute Gasteiger partial charge is 0.377 e. The van der Waals surface area contributed by atoms with Gasteiger partial charge in [-0.1, -0.05) is 17.3 Å². The van der Waals surface area contributed by atoms with Gasteiger partial charge in [-0.3, -0.25) is 4.79 Å². The number of hydrogen-bond acceptors (Lipinski definition) is 6. The number of fused-ring (bicyclic) bond motifs is 1. The molecule has 0 fully saturated rings. The van der Waals surface area contributed by atoms with E-state index in [4.69, 9.17) is 9.26 Å². The van der Waals surface area contributed by atoms with Gasteiger partial charge in [-0.15, -0.1) is 0 Å². The highest BCUT2D eigenvalue weighted by atomic mass is 16.5. The lowest BCUT2D eigenvalue weighted by atomic mass is 10.0. The van der Waals surface area contributed by atoms with E-state index in [1.807, 2.05) is 31.2 Å². The number of nitrogens with one attached hydrogen (secondary N) is 2. The fourth-order valence-corrected chi connectivity index (χ4v) is 2.98. The van der Waals surface area contributed by atoms with Crippen LogP contribution >= 0.6 is 0 Å². The summed E-state index contributed by atoms with van der Waals surface area (Å²) in [4.78, 5) is 20.3. The molecule has 138 valence electrons. The predicted octanol–water partition coefficient (Wildman–Crippen LogP) is 2.48. The van der Waals surface area contributed by atoms with Crippen LogP contribution in [-0.4, -0.2) is 28.3 Å². The molecule has 7 nitrogen and oxygen atoms in total. The molecule has 0 saturated heterocycles. The second kappa shape index (κ2) is 8.25. The molecule has 0 amide bonds. The summed E-state index contributed by atoms with van der Waals surface area (Å²) in [5.41, 5.74) is 2.78. The summed E-state index contributed by atoms with van der Waals surface area (Å²) >= 11 is 0. The zero-order chi connectivity index (χ0) is 18.5. The fourth-order valence-electron chi connectivity index (χ4n) is 2.98. The van der Waals surface area contributed by atoms with E-state index >= 15 is 0 Å². The van der Waals surface area contributed by atoms with Gasteiger partial charge < -0.3 is 19.6 Å². The van der Waals surface area contributed by atoms with Crippen LogP contribution in [0.1, 0.15) is 36.3 Å². The Morgan fingerprint density at radius 1 is 1.35 bits per heavy atom. The van der Waals surface area contributed by atoms with Crippen molar-refractivity contribution in [3.63, 3.8) is 0 Å². The summed E-state index contributed by atoms with van der Waals surface area (Å²) in [5, 5.41) is 7.93.